The van der Waals surface area contributed by atoms with Crippen LogP contribution in [-0.4, -0.2) is 17.0 Å². The predicted molar refractivity (Wildman–Crippen MR) is 77.8 cm³/mol. The molecule has 4 nitrogen and oxygen atoms in total. The Hall–Kier alpha value is -2.04. The molecule has 1 amide bonds. The lowest BCUT2D eigenvalue weighted by Gasteiger charge is -2.09. The molecule has 0 radical (unpaired) electrons. The minimum absolute atomic E-state index is 0.000925. The molecule has 0 aliphatic rings. The summed E-state index contributed by atoms with van der Waals surface area (Å²) in [6.07, 6.45) is 0. The predicted octanol–water partition coefficient (Wildman–Crippen LogP) is 3.94. The maximum atomic E-state index is 12.1. The molecular formula is C14H9Cl2NO3. The fraction of sp³-hybridized carbons (Fsp3) is 0. The van der Waals surface area contributed by atoms with E-state index in [4.69, 9.17) is 28.3 Å². The van der Waals surface area contributed by atoms with E-state index in [1.54, 1.807) is 18.2 Å². The van der Waals surface area contributed by atoms with E-state index >= 15 is 0 Å². The number of hydrogen-bond donors (Lipinski definition) is 2. The summed E-state index contributed by atoms with van der Waals surface area (Å²) >= 11 is 11.7. The quantitative estimate of drug-likeness (QED) is 0.902. The van der Waals surface area contributed by atoms with E-state index < -0.39 is 11.9 Å². The topological polar surface area (TPSA) is 66.4 Å². The Kier molecular flexibility index (Phi) is 4.27. The van der Waals surface area contributed by atoms with Gasteiger partial charge in [-0.05, 0) is 30.3 Å². The Morgan fingerprint density at radius 2 is 1.70 bits per heavy atom. The van der Waals surface area contributed by atoms with Crippen molar-refractivity contribution in [1.82, 2.24) is 0 Å². The third kappa shape index (κ3) is 3.10. The first-order chi connectivity index (χ1) is 9.49. The van der Waals surface area contributed by atoms with Crippen molar-refractivity contribution in [2.45, 2.75) is 0 Å². The van der Waals surface area contributed by atoms with Crippen molar-refractivity contribution in [3.8, 4) is 0 Å². The number of carbonyl (C=O) groups is 2. The highest BCUT2D eigenvalue weighted by Crippen LogP contribution is 2.23. The molecule has 0 aliphatic heterocycles. The Morgan fingerprint density at radius 3 is 2.40 bits per heavy atom. The van der Waals surface area contributed by atoms with Crippen LogP contribution in [0.15, 0.2) is 42.5 Å². The van der Waals surface area contributed by atoms with Gasteiger partial charge in [-0.15, -0.1) is 0 Å². The van der Waals surface area contributed by atoms with E-state index in [-0.39, 0.29) is 21.8 Å². The van der Waals surface area contributed by atoms with Crippen molar-refractivity contribution < 1.29 is 14.7 Å². The molecule has 102 valence electrons. The van der Waals surface area contributed by atoms with Crippen LogP contribution in [0.1, 0.15) is 20.7 Å². The minimum atomic E-state index is -1.13. The molecule has 0 aromatic heterocycles. The summed E-state index contributed by atoms with van der Waals surface area (Å²) < 4.78 is 0. The van der Waals surface area contributed by atoms with Gasteiger partial charge in [-0.1, -0.05) is 35.3 Å². The van der Waals surface area contributed by atoms with Crippen molar-refractivity contribution in [2.75, 3.05) is 5.32 Å². The van der Waals surface area contributed by atoms with Crippen LogP contribution in [0.3, 0.4) is 0 Å². The van der Waals surface area contributed by atoms with Crippen LogP contribution in [0.5, 0.6) is 0 Å². The van der Waals surface area contributed by atoms with Crippen LogP contribution >= 0.6 is 23.2 Å². The van der Waals surface area contributed by atoms with Crippen LogP contribution in [0.25, 0.3) is 0 Å². The van der Waals surface area contributed by atoms with Gasteiger partial charge in [0.25, 0.3) is 5.91 Å². The molecule has 0 aliphatic carbocycles. The van der Waals surface area contributed by atoms with Gasteiger partial charge >= 0.3 is 5.97 Å². The van der Waals surface area contributed by atoms with Gasteiger partial charge in [0.2, 0.25) is 0 Å². The summed E-state index contributed by atoms with van der Waals surface area (Å²) in [5.41, 5.74) is 0.374. The maximum Gasteiger partial charge on any atom is 0.337 e. The monoisotopic (exact) mass is 309 g/mol. The lowest BCUT2D eigenvalue weighted by molar-refractivity contribution is 0.0698. The molecule has 2 aromatic carbocycles. The molecular weight excluding hydrogens is 301 g/mol. The number of aromatic carboxylic acids is 1. The molecule has 6 heteroatoms. The Bertz CT molecular complexity index is 686. The molecule has 2 aromatic rings. The molecule has 0 unspecified atom stereocenters. The third-order valence-electron chi connectivity index (χ3n) is 2.58. The van der Waals surface area contributed by atoms with Crippen molar-refractivity contribution in [1.29, 1.82) is 0 Å². The maximum absolute atomic E-state index is 12.1. The number of amides is 1. The fourth-order valence-electron chi connectivity index (χ4n) is 1.64. The number of nitrogens with one attached hydrogen (secondary N) is 1. The minimum Gasteiger partial charge on any atom is -0.478 e. The lowest BCUT2D eigenvalue weighted by Crippen LogP contribution is -2.15. The SMILES string of the molecule is O=C(Nc1ccccc1C(=O)O)c1cc(Cl)ccc1Cl. The van der Waals surface area contributed by atoms with Gasteiger partial charge in [0.15, 0.2) is 0 Å². The summed E-state index contributed by atoms with van der Waals surface area (Å²) in [7, 11) is 0. The van der Waals surface area contributed by atoms with Gasteiger partial charge in [-0.2, -0.15) is 0 Å². The van der Waals surface area contributed by atoms with Crippen molar-refractivity contribution in [2.24, 2.45) is 0 Å². The van der Waals surface area contributed by atoms with E-state index in [0.717, 1.165) is 0 Å². The second kappa shape index (κ2) is 5.94. The fourth-order valence-corrected chi connectivity index (χ4v) is 2.02. The second-order valence-corrected chi connectivity index (χ2v) is 4.77. The van der Waals surface area contributed by atoms with Gasteiger partial charge < -0.3 is 10.4 Å². The molecule has 2 rings (SSSR count). The Labute approximate surface area is 124 Å². The average molecular weight is 310 g/mol. The van der Waals surface area contributed by atoms with E-state index in [2.05, 4.69) is 5.32 Å². The first kappa shape index (κ1) is 14.4. The summed E-state index contributed by atoms with van der Waals surface area (Å²) in [5.74, 6) is -1.65. The molecule has 0 saturated carbocycles. The molecule has 20 heavy (non-hydrogen) atoms. The molecule has 0 heterocycles. The second-order valence-electron chi connectivity index (χ2n) is 3.93. The number of carboxylic acids is 1. The summed E-state index contributed by atoms with van der Waals surface area (Å²) in [4.78, 5) is 23.2. The molecule has 0 bridgehead atoms. The number of para-hydroxylation sites is 1. The third-order valence-corrected chi connectivity index (χ3v) is 3.14. The average Bonchev–Trinajstić information content (AvgIpc) is 2.41. The number of hydrogen-bond acceptors (Lipinski definition) is 2. The lowest BCUT2D eigenvalue weighted by atomic mass is 10.1. The van der Waals surface area contributed by atoms with Crippen molar-refractivity contribution in [3.05, 3.63) is 63.6 Å². The standard InChI is InChI=1S/C14H9Cl2NO3/c15-8-5-6-11(16)10(7-8)13(18)17-12-4-2-1-3-9(12)14(19)20/h1-7H,(H,17,18)(H,19,20). The van der Waals surface area contributed by atoms with E-state index in [1.807, 2.05) is 0 Å². The van der Waals surface area contributed by atoms with Crippen LogP contribution < -0.4 is 5.32 Å². The zero-order valence-corrected chi connectivity index (χ0v) is 11.6. The largest absolute Gasteiger partial charge is 0.478 e. The van der Waals surface area contributed by atoms with Crippen molar-refractivity contribution >= 4 is 40.8 Å². The number of carboxylic acid groups (broad SMARTS) is 1. The van der Waals surface area contributed by atoms with E-state index in [9.17, 15) is 9.59 Å². The van der Waals surface area contributed by atoms with Gasteiger partial charge in [-0.25, -0.2) is 4.79 Å². The number of anilines is 1. The van der Waals surface area contributed by atoms with E-state index in [0.29, 0.717) is 5.02 Å². The Morgan fingerprint density at radius 1 is 1.00 bits per heavy atom. The van der Waals surface area contributed by atoms with Crippen LogP contribution in [-0.2, 0) is 0 Å². The number of rotatable bonds is 3. The smallest absolute Gasteiger partial charge is 0.337 e. The van der Waals surface area contributed by atoms with Crippen molar-refractivity contribution in [3.63, 3.8) is 0 Å². The molecule has 0 saturated heterocycles. The van der Waals surface area contributed by atoms with Gasteiger partial charge in [0.05, 0.1) is 21.8 Å². The highest BCUT2D eigenvalue weighted by atomic mass is 35.5. The van der Waals surface area contributed by atoms with Crippen LogP contribution in [0.4, 0.5) is 5.69 Å². The van der Waals surface area contributed by atoms with Gasteiger partial charge in [0.1, 0.15) is 0 Å². The van der Waals surface area contributed by atoms with E-state index in [1.165, 1.54) is 24.3 Å². The first-order valence-corrected chi connectivity index (χ1v) is 6.33. The number of halogens is 2. The molecule has 0 spiro atoms. The molecule has 2 N–H and O–H groups in total. The Balaban J connectivity index is 2.33. The van der Waals surface area contributed by atoms with Gasteiger partial charge in [-0.3, -0.25) is 4.79 Å². The summed E-state index contributed by atoms with van der Waals surface area (Å²) in [6.45, 7) is 0. The number of carbonyl (C=O) groups excluding carboxylic acids is 1. The number of benzene rings is 2. The van der Waals surface area contributed by atoms with Gasteiger partial charge in [0, 0.05) is 5.02 Å². The first-order valence-electron chi connectivity index (χ1n) is 5.58. The summed E-state index contributed by atoms with van der Waals surface area (Å²) in [6, 6.07) is 10.6. The molecule has 0 atom stereocenters. The molecule has 0 fully saturated rings. The zero-order valence-electron chi connectivity index (χ0n) is 10.1. The normalized spacial score (nSPS) is 10.1. The van der Waals surface area contributed by atoms with Crippen LogP contribution in [0, 0.1) is 0 Å². The van der Waals surface area contributed by atoms with Crippen LogP contribution in [0.2, 0.25) is 10.0 Å². The highest BCUT2D eigenvalue weighted by Gasteiger charge is 2.15. The highest BCUT2D eigenvalue weighted by molar-refractivity contribution is 6.36. The zero-order chi connectivity index (χ0) is 14.7. The summed E-state index contributed by atoms with van der Waals surface area (Å²) in [5, 5.41) is 12.2.